The number of rotatable bonds is 4. The molecule has 0 aromatic heterocycles. The van der Waals surface area contributed by atoms with Crippen molar-refractivity contribution in [3.05, 3.63) is 0 Å². The molecule has 0 heterocycles. The first-order valence-corrected chi connectivity index (χ1v) is 3.92. The molecule has 1 atom stereocenters. The molecule has 5 heteroatoms. The summed E-state index contributed by atoms with van der Waals surface area (Å²) in [6.07, 6.45) is 0.897. The van der Waals surface area contributed by atoms with Gasteiger partial charge >= 0.3 is 0 Å². The second kappa shape index (κ2) is 4.39. The minimum atomic E-state index is -1.83. The highest BCUT2D eigenvalue weighted by Gasteiger charge is 2.29. The predicted octanol–water partition coefficient (Wildman–Crippen LogP) is -0.940. The van der Waals surface area contributed by atoms with Crippen molar-refractivity contribution in [2.45, 2.75) is 32.4 Å². The summed E-state index contributed by atoms with van der Waals surface area (Å²) in [4.78, 5) is 10.8. The summed E-state index contributed by atoms with van der Waals surface area (Å²) in [6.45, 7) is 3.97. The molecule has 12 heavy (non-hydrogen) atoms. The Balaban J connectivity index is 3.95. The largest absolute Gasteiger partial charge is 0.367 e. The van der Waals surface area contributed by atoms with Crippen LogP contribution in [0.1, 0.15) is 26.7 Å². The second-order valence-corrected chi connectivity index (χ2v) is 3.33. The van der Waals surface area contributed by atoms with Gasteiger partial charge in [0.05, 0.1) is 0 Å². The highest BCUT2D eigenvalue weighted by Crippen LogP contribution is 2.11. The van der Waals surface area contributed by atoms with Crippen LogP contribution in [-0.2, 0) is 4.79 Å². The molecular weight excluding hydrogens is 158 g/mol. The number of nitrogens with two attached hydrogens (primary N) is 2. The van der Waals surface area contributed by atoms with E-state index in [1.165, 1.54) is 0 Å². The molecule has 72 valence electrons. The number of amides is 1. The lowest BCUT2D eigenvalue weighted by atomic mass is 10.0. The van der Waals surface area contributed by atoms with Crippen LogP contribution >= 0.6 is 0 Å². The van der Waals surface area contributed by atoms with Crippen LogP contribution in [-0.4, -0.2) is 16.7 Å². The number of hydrazine groups is 1. The van der Waals surface area contributed by atoms with E-state index in [9.17, 15) is 9.90 Å². The zero-order valence-corrected chi connectivity index (χ0v) is 7.50. The average Bonchev–Trinajstić information content (AvgIpc) is 1.99. The van der Waals surface area contributed by atoms with Crippen LogP contribution < -0.4 is 17.0 Å². The maximum Gasteiger partial charge on any atom is 0.280 e. The van der Waals surface area contributed by atoms with E-state index in [-0.39, 0.29) is 6.42 Å². The Morgan fingerprint density at radius 1 is 1.67 bits per heavy atom. The Morgan fingerprint density at radius 3 is 2.50 bits per heavy atom. The molecule has 0 aliphatic carbocycles. The van der Waals surface area contributed by atoms with Crippen LogP contribution in [0.3, 0.4) is 0 Å². The highest BCUT2D eigenvalue weighted by atomic mass is 16.3. The summed E-state index contributed by atoms with van der Waals surface area (Å²) >= 11 is 0. The molecule has 0 spiro atoms. The van der Waals surface area contributed by atoms with Gasteiger partial charge in [0.15, 0.2) is 5.72 Å². The van der Waals surface area contributed by atoms with Gasteiger partial charge in [-0.25, -0.2) is 5.84 Å². The zero-order chi connectivity index (χ0) is 9.78. The van der Waals surface area contributed by atoms with Crippen molar-refractivity contribution >= 4 is 5.91 Å². The minimum Gasteiger partial charge on any atom is -0.367 e. The van der Waals surface area contributed by atoms with Crippen LogP contribution in [0, 0.1) is 5.92 Å². The first-order chi connectivity index (χ1) is 5.40. The molecule has 0 aliphatic heterocycles. The van der Waals surface area contributed by atoms with Crippen molar-refractivity contribution in [3.63, 3.8) is 0 Å². The topological polar surface area (TPSA) is 101 Å². The fraction of sp³-hybridized carbons (Fsp3) is 0.857. The first kappa shape index (κ1) is 11.4. The lowest BCUT2D eigenvalue weighted by Crippen LogP contribution is -2.55. The lowest BCUT2D eigenvalue weighted by Gasteiger charge is -2.21. The van der Waals surface area contributed by atoms with Gasteiger partial charge in [-0.1, -0.05) is 13.8 Å². The van der Waals surface area contributed by atoms with E-state index >= 15 is 0 Å². The van der Waals surface area contributed by atoms with Crippen LogP contribution in [0.15, 0.2) is 0 Å². The van der Waals surface area contributed by atoms with Gasteiger partial charge in [-0.3, -0.25) is 16.0 Å². The molecule has 0 fully saturated rings. The summed E-state index contributed by atoms with van der Waals surface area (Å²) in [5.74, 6) is 4.47. The molecule has 0 bridgehead atoms. The number of hydrogen-bond donors (Lipinski definition) is 4. The normalized spacial score (nSPS) is 15.8. The van der Waals surface area contributed by atoms with E-state index in [4.69, 9.17) is 11.6 Å². The van der Waals surface area contributed by atoms with Gasteiger partial charge in [0.2, 0.25) is 0 Å². The summed E-state index contributed by atoms with van der Waals surface area (Å²) < 4.78 is 0. The van der Waals surface area contributed by atoms with Gasteiger partial charge in [-0.05, 0) is 18.8 Å². The molecule has 0 radical (unpaired) electrons. The van der Waals surface area contributed by atoms with Gasteiger partial charge in [-0.2, -0.15) is 0 Å². The molecular formula is C7H17N3O2. The van der Waals surface area contributed by atoms with E-state index in [0.717, 1.165) is 0 Å². The third kappa shape index (κ3) is 3.66. The summed E-state index contributed by atoms with van der Waals surface area (Å²) in [5, 5.41) is 9.32. The fourth-order valence-electron chi connectivity index (χ4n) is 0.747. The number of carbonyl (C=O) groups excluding carboxylic acids is 1. The van der Waals surface area contributed by atoms with Crippen molar-refractivity contribution < 1.29 is 9.90 Å². The van der Waals surface area contributed by atoms with Gasteiger partial charge in [0.25, 0.3) is 5.91 Å². The summed E-state index contributed by atoms with van der Waals surface area (Å²) in [7, 11) is 0. The van der Waals surface area contributed by atoms with Gasteiger partial charge in [0.1, 0.15) is 0 Å². The molecule has 0 saturated heterocycles. The van der Waals surface area contributed by atoms with Crippen molar-refractivity contribution in [1.29, 1.82) is 0 Å². The minimum absolute atomic E-state index is 0.216. The van der Waals surface area contributed by atoms with E-state index < -0.39 is 11.6 Å². The van der Waals surface area contributed by atoms with Crippen molar-refractivity contribution in [1.82, 2.24) is 5.43 Å². The van der Waals surface area contributed by atoms with E-state index in [0.29, 0.717) is 12.3 Å². The third-order valence-electron chi connectivity index (χ3n) is 1.63. The number of carbonyl (C=O) groups is 1. The van der Waals surface area contributed by atoms with E-state index in [1.54, 1.807) is 0 Å². The van der Waals surface area contributed by atoms with E-state index in [1.807, 2.05) is 19.3 Å². The van der Waals surface area contributed by atoms with E-state index in [2.05, 4.69) is 0 Å². The second-order valence-electron chi connectivity index (χ2n) is 3.33. The Labute approximate surface area is 72.1 Å². The Morgan fingerprint density at radius 2 is 2.17 bits per heavy atom. The van der Waals surface area contributed by atoms with Gasteiger partial charge in [0, 0.05) is 0 Å². The third-order valence-corrected chi connectivity index (χ3v) is 1.63. The van der Waals surface area contributed by atoms with Crippen LogP contribution in [0.25, 0.3) is 0 Å². The molecule has 6 N–H and O–H groups in total. The average molecular weight is 175 g/mol. The molecule has 0 aromatic carbocycles. The fourth-order valence-corrected chi connectivity index (χ4v) is 0.747. The molecule has 5 nitrogen and oxygen atoms in total. The molecule has 0 rings (SSSR count). The van der Waals surface area contributed by atoms with Crippen LogP contribution in [0.4, 0.5) is 0 Å². The standard InChI is InChI=1S/C7H17N3O2/c1-5(2)3-4-7(8,12)6(11)10-9/h5,12H,3-4,8-9H2,1-2H3,(H,10,11). The smallest absolute Gasteiger partial charge is 0.280 e. The SMILES string of the molecule is CC(C)CCC(N)(O)C(=O)NN. The molecule has 0 aliphatic rings. The van der Waals surface area contributed by atoms with Crippen molar-refractivity contribution in [2.24, 2.45) is 17.5 Å². The zero-order valence-electron chi connectivity index (χ0n) is 7.50. The van der Waals surface area contributed by atoms with Crippen molar-refractivity contribution in [2.75, 3.05) is 0 Å². The lowest BCUT2D eigenvalue weighted by molar-refractivity contribution is -0.140. The molecule has 0 saturated carbocycles. The number of aliphatic hydroxyl groups is 1. The van der Waals surface area contributed by atoms with Gasteiger partial charge in [-0.15, -0.1) is 0 Å². The Hall–Kier alpha value is -0.650. The summed E-state index contributed by atoms with van der Waals surface area (Å²) in [5.41, 5.74) is 5.26. The molecule has 1 unspecified atom stereocenters. The van der Waals surface area contributed by atoms with Crippen LogP contribution in [0.5, 0.6) is 0 Å². The predicted molar refractivity (Wildman–Crippen MR) is 45.5 cm³/mol. The van der Waals surface area contributed by atoms with Crippen molar-refractivity contribution in [3.8, 4) is 0 Å². The quantitative estimate of drug-likeness (QED) is 0.192. The maximum atomic E-state index is 10.8. The Bertz CT molecular complexity index is 157. The monoisotopic (exact) mass is 175 g/mol. The van der Waals surface area contributed by atoms with Gasteiger partial charge < -0.3 is 5.11 Å². The highest BCUT2D eigenvalue weighted by molar-refractivity contribution is 5.83. The number of hydrogen-bond acceptors (Lipinski definition) is 4. The Kier molecular flexibility index (Phi) is 4.16. The summed E-state index contributed by atoms with van der Waals surface area (Å²) in [6, 6.07) is 0. The van der Waals surface area contributed by atoms with Crippen LogP contribution in [0.2, 0.25) is 0 Å². The first-order valence-electron chi connectivity index (χ1n) is 3.92. The maximum absolute atomic E-state index is 10.8. The molecule has 0 aromatic rings. The number of nitrogens with one attached hydrogen (secondary N) is 1. The molecule has 1 amide bonds.